The number of piperidine rings is 1. The van der Waals surface area contributed by atoms with Gasteiger partial charge in [-0.3, -0.25) is 0 Å². The van der Waals surface area contributed by atoms with Crippen LogP contribution in [-0.2, 0) is 0 Å². The van der Waals surface area contributed by atoms with E-state index in [0.29, 0.717) is 5.95 Å². The lowest BCUT2D eigenvalue weighted by Gasteiger charge is -2.31. The zero-order valence-corrected chi connectivity index (χ0v) is 12.3. The average molecular weight is 314 g/mol. The summed E-state index contributed by atoms with van der Waals surface area (Å²) in [6.45, 7) is 6.74. The maximum atomic E-state index is 5.58. The smallest absolute Gasteiger partial charge is 0.221 e. The highest BCUT2D eigenvalue weighted by Gasteiger charge is 2.18. The molecular formula is C12H20BrN5. The van der Waals surface area contributed by atoms with E-state index in [-0.39, 0.29) is 0 Å². The number of likely N-dealkylation sites (tertiary alicyclic amines) is 1. The molecule has 100 valence electrons. The Labute approximate surface area is 116 Å². The highest BCUT2D eigenvalue weighted by Crippen LogP contribution is 2.22. The van der Waals surface area contributed by atoms with Gasteiger partial charge in [0.1, 0.15) is 5.82 Å². The van der Waals surface area contributed by atoms with Gasteiger partial charge in [-0.15, -0.1) is 0 Å². The van der Waals surface area contributed by atoms with Crippen molar-refractivity contribution >= 4 is 27.7 Å². The molecule has 0 spiro atoms. The number of rotatable bonds is 4. The molecule has 1 saturated heterocycles. The Morgan fingerprint density at radius 1 is 1.50 bits per heavy atom. The molecule has 1 aliphatic rings. The van der Waals surface area contributed by atoms with E-state index in [1.165, 1.54) is 25.9 Å². The number of nitrogen functional groups attached to an aromatic ring is 1. The minimum Gasteiger partial charge on any atom is -0.369 e. The van der Waals surface area contributed by atoms with Crippen LogP contribution in [0.1, 0.15) is 19.8 Å². The van der Waals surface area contributed by atoms with Crippen LogP contribution in [0.3, 0.4) is 0 Å². The minimum absolute atomic E-state index is 0.307. The Bertz CT molecular complexity index is 390. The lowest BCUT2D eigenvalue weighted by molar-refractivity contribution is 0.198. The summed E-state index contributed by atoms with van der Waals surface area (Å²) in [6, 6.07) is 0. The van der Waals surface area contributed by atoms with Crippen LogP contribution in [0.4, 0.5) is 11.8 Å². The lowest BCUT2D eigenvalue weighted by atomic mass is 9.97. The topological polar surface area (TPSA) is 67.1 Å². The van der Waals surface area contributed by atoms with Crippen LogP contribution in [0.2, 0.25) is 0 Å². The van der Waals surface area contributed by atoms with Gasteiger partial charge in [-0.1, -0.05) is 6.92 Å². The van der Waals surface area contributed by atoms with E-state index in [0.717, 1.165) is 29.3 Å². The normalized spacial score (nSPS) is 17.9. The number of aromatic nitrogens is 2. The third-order valence-electron chi connectivity index (χ3n) is 3.48. The quantitative estimate of drug-likeness (QED) is 0.889. The van der Waals surface area contributed by atoms with Crippen molar-refractivity contribution in [3.05, 3.63) is 10.7 Å². The predicted octanol–water partition coefficient (Wildman–Crippen LogP) is 1.97. The average Bonchev–Trinajstić information content (AvgIpc) is 2.40. The van der Waals surface area contributed by atoms with E-state index in [2.05, 4.69) is 43.0 Å². The Kier molecular flexibility index (Phi) is 4.77. The van der Waals surface area contributed by atoms with E-state index in [9.17, 15) is 0 Å². The van der Waals surface area contributed by atoms with Crippen molar-refractivity contribution in [2.75, 3.05) is 37.2 Å². The van der Waals surface area contributed by atoms with Gasteiger partial charge in [0.2, 0.25) is 5.95 Å². The summed E-state index contributed by atoms with van der Waals surface area (Å²) in [5.41, 5.74) is 5.58. The fourth-order valence-electron chi connectivity index (χ4n) is 2.25. The summed E-state index contributed by atoms with van der Waals surface area (Å²) in [5.74, 6) is 1.82. The van der Waals surface area contributed by atoms with Gasteiger partial charge in [0, 0.05) is 12.7 Å². The molecule has 2 heterocycles. The van der Waals surface area contributed by atoms with E-state index in [1.807, 2.05) is 0 Å². The number of nitrogens with one attached hydrogen (secondary N) is 1. The van der Waals surface area contributed by atoms with Crippen LogP contribution >= 0.6 is 15.9 Å². The SMILES string of the molecule is CCN1CCC(CNc2nc(N)ncc2Br)CC1. The third kappa shape index (κ3) is 3.55. The van der Waals surface area contributed by atoms with Gasteiger partial charge in [0.15, 0.2) is 0 Å². The molecule has 0 atom stereocenters. The predicted molar refractivity (Wildman–Crippen MR) is 77.5 cm³/mol. The molecule has 1 aromatic heterocycles. The van der Waals surface area contributed by atoms with Crippen LogP contribution in [-0.4, -0.2) is 41.0 Å². The van der Waals surface area contributed by atoms with Crippen LogP contribution in [0.5, 0.6) is 0 Å². The summed E-state index contributed by atoms with van der Waals surface area (Å²) in [7, 11) is 0. The Balaban J connectivity index is 1.83. The van der Waals surface area contributed by atoms with Crippen molar-refractivity contribution in [3.8, 4) is 0 Å². The fraction of sp³-hybridized carbons (Fsp3) is 0.667. The molecule has 1 aliphatic heterocycles. The molecule has 1 fully saturated rings. The number of hydrogen-bond acceptors (Lipinski definition) is 5. The van der Waals surface area contributed by atoms with E-state index in [1.54, 1.807) is 6.20 Å². The first-order valence-electron chi connectivity index (χ1n) is 6.43. The van der Waals surface area contributed by atoms with Crippen molar-refractivity contribution < 1.29 is 0 Å². The molecule has 2 rings (SSSR count). The Morgan fingerprint density at radius 2 is 2.22 bits per heavy atom. The molecule has 0 aliphatic carbocycles. The van der Waals surface area contributed by atoms with Gasteiger partial charge < -0.3 is 16.0 Å². The highest BCUT2D eigenvalue weighted by atomic mass is 79.9. The number of anilines is 2. The second kappa shape index (κ2) is 6.33. The molecule has 6 heteroatoms. The molecule has 0 bridgehead atoms. The van der Waals surface area contributed by atoms with Crippen LogP contribution in [0, 0.1) is 5.92 Å². The number of halogens is 1. The molecule has 5 nitrogen and oxygen atoms in total. The summed E-state index contributed by atoms with van der Waals surface area (Å²) in [5, 5.41) is 3.36. The van der Waals surface area contributed by atoms with Gasteiger partial charge in [-0.05, 0) is 54.3 Å². The maximum absolute atomic E-state index is 5.58. The summed E-state index contributed by atoms with van der Waals surface area (Å²) in [4.78, 5) is 10.6. The Morgan fingerprint density at radius 3 is 2.89 bits per heavy atom. The van der Waals surface area contributed by atoms with E-state index < -0.39 is 0 Å². The second-order valence-electron chi connectivity index (χ2n) is 4.68. The van der Waals surface area contributed by atoms with Gasteiger partial charge >= 0.3 is 0 Å². The van der Waals surface area contributed by atoms with E-state index >= 15 is 0 Å². The molecular weight excluding hydrogens is 294 g/mol. The third-order valence-corrected chi connectivity index (χ3v) is 4.06. The van der Waals surface area contributed by atoms with Crippen molar-refractivity contribution in [2.45, 2.75) is 19.8 Å². The first-order chi connectivity index (χ1) is 8.69. The van der Waals surface area contributed by atoms with Gasteiger partial charge in [-0.25, -0.2) is 4.98 Å². The van der Waals surface area contributed by atoms with Crippen molar-refractivity contribution in [2.24, 2.45) is 5.92 Å². The summed E-state index contributed by atoms with van der Waals surface area (Å²) in [6.07, 6.45) is 4.18. The summed E-state index contributed by atoms with van der Waals surface area (Å²) < 4.78 is 0.864. The highest BCUT2D eigenvalue weighted by molar-refractivity contribution is 9.10. The zero-order valence-electron chi connectivity index (χ0n) is 10.7. The molecule has 1 aromatic rings. The molecule has 0 amide bonds. The van der Waals surface area contributed by atoms with Crippen LogP contribution < -0.4 is 11.1 Å². The molecule has 0 unspecified atom stereocenters. The number of nitrogens with zero attached hydrogens (tertiary/aromatic N) is 3. The largest absolute Gasteiger partial charge is 0.369 e. The van der Waals surface area contributed by atoms with Gasteiger partial charge in [-0.2, -0.15) is 4.98 Å². The molecule has 3 N–H and O–H groups in total. The fourth-order valence-corrected chi connectivity index (χ4v) is 2.58. The zero-order chi connectivity index (χ0) is 13.0. The van der Waals surface area contributed by atoms with E-state index in [4.69, 9.17) is 5.73 Å². The first kappa shape index (κ1) is 13.5. The Hall–Kier alpha value is -0.880. The number of nitrogens with two attached hydrogens (primary N) is 1. The van der Waals surface area contributed by atoms with Crippen molar-refractivity contribution in [3.63, 3.8) is 0 Å². The van der Waals surface area contributed by atoms with Crippen molar-refractivity contribution in [1.29, 1.82) is 0 Å². The summed E-state index contributed by atoms with van der Waals surface area (Å²) >= 11 is 3.42. The molecule has 0 aromatic carbocycles. The monoisotopic (exact) mass is 313 g/mol. The maximum Gasteiger partial charge on any atom is 0.221 e. The lowest BCUT2D eigenvalue weighted by Crippen LogP contribution is -2.35. The van der Waals surface area contributed by atoms with Gasteiger partial charge in [0.25, 0.3) is 0 Å². The number of hydrogen-bond donors (Lipinski definition) is 2. The van der Waals surface area contributed by atoms with Gasteiger partial charge in [0.05, 0.1) is 4.47 Å². The van der Waals surface area contributed by atoms with Crippen LogP contribution in [0.15, 0.2) is 10.7 Å². The minimum atomic E-state index is 0.307. The second-order valence-corrected chi connectivity index (χ2v) is 5.54. The van der Waals surface area contributed by atoms with Crippen LogP contribution in [0.25, 0.3) is 0 Å². The standard InChI is InChI=1S/C12H20BrN5/c1-2-18-5-3-9(4-6-18)7-15-11-10(13)8-16-12(14)17-11/h8-9H,2-7H2,1H3,(H3,14,15,16,17). The molecule has 0 saturated carbocycles. The van der Waals surface area contributed by atoms with Crippen molar-refractivity contribution in [1.82, 2.24) is 14.9 Å². The molecule has 18 heavy (non-hydrogen) atoms. The molecule has 0 radical (unpaired) electrons. The first-order valence-corrected chi connectivity index (χ1v) is 7.22.